The minimum Gasteiger partial charge on any atom is -0.455 e. The standard InChI is InChI=1S/C10H7ClFN3O/c11-9-4-6(1-2-14-9)16-7-3-8(12)10(13)15-5-7/h1-5H,(H2,13,15). The van der Waals surface area contributed by atoms with Gasteiger partial charge in [0.15, 0.2) is 11.6 Å². The quantitative estimate of drug-likeness (QED) is 0.819. The highest BCUT2D eigenvalue weighted by atomic mass is 35.5. The predicted octanol–water partition coefficient (Wildman–Crippen LogP) is 2.64. The molecule has 0 spiro atoms. The van der Waals surface area contributed by atoms with Gasteiger partial charge in [-0.1, -0.05) is 11.6 Å². The lowest BCUT2D eigenvalue weighted by Gasteiger charge is -2.05. The van der Waals surface area contributed by atoms with Crippen molar-refractivity contribution < 1.29 is 9.13 Å². The molecule has 0 unspecified atom stereocenters. The number of anilines is 1. The maximum Gasteiger partial charge on any atom is 0.168 e. The molecule has 2 heterocycles. The normalized spacial score (nSPS) is 10.1. The fourth-order valence-corrected chi connectivity index (χ4v) is 1.23. The first-order valence-corrected chi connectivity index (χ1v) is 4.73. The van der Waals surface area contributed by atoms with Crippen molar-refractivity contribution in [3.63, 3.8) is 0 Å². The largest absolute Gasteiger partial charge is 0.455 e. The number of hydrogen-bond acceptors (Lipinski definition) is 4. The molecule has 2 rings (SSSR count). The van der Waals surface area contributed by atoms with E-state index in [9.17, 15) is 4.39 Å². The molecule has 0 bridgehead atoms. The van der Waals surface area contributed by atoms with Crippen LogP contribution >= 0.6 is 11.6 Å². The Hall–Kier alpha value is -1.88. The average molecular weight is 240 g/mol. The van der Waals surface area contributed by atoms with Crippen LogP contribution in [0.1, 0.15) is 0 Å². The van der Waals surface area contributed by atoms with Crippen molar-refractivity contribution in [3.05, 3.63) is 41.6 Å². The zero-order chi connectivity index (χ0) is 11.5. The van der Waals surface area contributed by atoms with Crippen molar-refractivity contribution in [1.82, 2.24) is 9.97 Å². The Kier molecular flexibility index (Phi) is 2.87. The zero-order valence-electron chi connectivity index (χ0n) is 8.02. The van der Waals surface area contributed by atoms with Gasteiger partial charge in [0.05, 0.1) is 6.20 Å². The SMILES string of the molecule is Nc1ncc(Oc2ccnc(Cl)c2)cc1F. The van der Waals surface area contributed by atoms with Crippen LogP contribution in [0, 0.1) is 5.82 Å². The number of halogens is 2. The number of rotatable bonds is 2. The Morgan fingerprint density at radius 2 is 2.06 bits per heavy atom. The molecular formula is C10H7ClFN3O. The van der Waals surface area contributed by atoms with Crippen LogP contribution in [0.15, 0.2) is 30.6 Å². The third-order valence-electron chi connectivity index (χ3n) is 1.78. The van der Waals surface area contributed by atoms with Gasteiger partial charge in [0.25, 0.3) is 0 Å². The van der Waals surface area contributed by atoms with Crippen molar-refractivity contribution in [2.75, 3.05) is 5.73 Å². The fourth-order valence-electron chi connectivity index (χ4n) is 1.07. The van der Waals surface area contributed by atoms with Crippen LogP contribution in [0.25, 0.3) is 0 Å². The summed E-state index contributed by atoms with van der Waals surface area (Å²) in [6.07, 6.45) is 2.81. The van der Waals surface area contributed by atoms with Crippen LogP contribution in [-0.2, 0) is 0 Å². The molecular weight excluding hydrogens is 233 g/mol. The van der Waals surface area contributed by atoms with E-state index >= 15 is 0 Å². The molecule has 0 aliphatic carbocycles. The van der Waals surface area contributed by atoms with Crippen molar-refractivity contribution in [2.45, 2.75) is 0 Å². The lowest BCUT2D eigenvalue weighted by Crippen LogP contribution is -1.95. The number of ether oxygens (including phenoxy) is 1. The van der Waals surface area contributed by atoms with E-state index in [1.165, 1.54) is 18.5 Å². The average Bonchev–Trinajstić information content (AvgIpc) is 2.24. The van der Waals surface area contributed by atoms with Crippen LogP contribution in [0.4, 0.5) is 10.2 Å². The maximum absolute atomic E-state index is 13.1. The van der Waals surface area contributed by atoms with Gasteiger partial charge in [-0.05, 0) is 6.07 Å². The molecule has 0 saturated carbocycles. The molecule has 0 amide bonds. The topological polar surface area (TPSA) is 61.0 Å². The van der Waals surface area contributed by atoms with Crippen LogP contribution < -0.4 is 10.5 Å². The molecule has 4 nitrogen and oxygen atoms in total. The van der Waals surface area contributed by atoms with E-state index in [1.807, 2.05) is 0 Å². The first-order chi connectivity index (χ1) is 7.65. The summed E-state index contributed by atoms with van der Waals surface area (Å²) >= 11 is 5.67. The molecule has 2 aromatic heterocycles. The number of hydrogen-bond donors (Lipinski definition) is 1. The fraction of sp³-hybridized carbons (Fsp3) is 0. The second-order valence-electron chi connectivity index (χ2n) is 2.95. The Morgan fingerprint density at radius 3 is 2.75 bits per heavy atom. The molecule has 2 aromatic rings. The highest BCUT2D eigenvalue weighted by Crippen LogP contribution is 2.23. The van der Waals surface area contributed by atoms with Crippen LogP contribution in [-0.4, -0.2) is 9.97 Å². The first-order valence-electron chi connectivity index (χ1n) is 4.35. The highest BCUT2D eigenvalue weighted by molar-refractivity contribution is 6.29. The zero-order valence-corrected chi connectivity index (χ0v) is 8.78. The van der Waals surface area contributed by atoms with Crippen molar-refractivity contribution in [1.29, 1.82) is 0 Å². The van der Waals surface area contributed by atoms with Crippen molar-refractivity contribution in [2.24, 2.45) is 0 Å². The number of nitrogens with two attached hydrogens (primary N) is 1. The van der Waals surface area contributed by atoms with Gasteiger partial charge in [0.1, 0.15) is 16.7 Å². The smallest absolute Gasteiger partial charge is 0.168 e. The van der Waals surface area contributed by atoms with E-state index in [2.05, 4.69) is 9.97 Å². The van der Waals surface area contributed by atoms with Crippen molar-refractivity contribution >= 4 is 17.4 Å². The molecule has 0 atom stereocenters. The summed E-state index contributed by atoms with van der Waals surface area (Å²) in [6, 6.07) is 4.26. The molecule has 0 aromatic carbocycles. The van der Waals surface area contributed by atoms with Gasteiger partial charge in [-0.2, -0.15) is 0 Å². The maximum atomic E-state index is 13.1. The predicted molar refractivity (Wildman–Crippen MR) is 57.9 cm³/mol. The van der Waals surface area contributed by atoms with Crippen LogP contribution in [0.5, 0.6) is 11.5 Å². The monoisotopic (exact) mass is 239 g/mol. The summed E-state index contributed by atoms with van der Waals surface area (Å²) < 4.78 is 18.4. The minimum atomic E-state index is -0.627. The Labute approximate surface area is 95.9 Å². The third-order valence-corrected chi connectivity index (χ3v) is 1.98. The van der Waals surface area contributed by atoms with E-state index in [0.29, 0.717) is 10.9 Å². The van der Waals surface area contributed by atoms with Gasteiger partial charge in [-0.3, -0.25) is 0 Å². The van der Waals surface area contributed by atoms with E-state index < -0.39 is 5.82 Å². The summed E-state index contributed by atoms with van der Waals surface area (Å²) in [7, 11) is 0. The van der Waals surface area contributed by atoms with Crippen molar-refractivity contribution in [3.8, 4) is 11.5 Å². The Bertz CT molecular complexity index is 521. The summed E-state index contributed by atoms with van der Waals surface area (Å²) in [5.74, 6) is -0.0994. The summed E-state index contributed by atoms with van der Waals surface area (Å²) in [6.45, 7) is 0. The molecule has 82 valence electrons. The molecule has 0 fully saturated rings. The molecule has 0 aliphatic rings. The molecule has 2 N–H and O–H groups in total. The second-order valence-corrected chi connectivity index (χ2v) is 3.34. The summed E-state index contributed by atoms with van der Waals surface area (Å²) in [5, 5.41) is 0.293. The number of pyridine rings is 2. The van der Waals surface area contributed by atoms with Gasteiger partial charge in [-0.15, -0.1) is 0 Å². The molecule has 6 heteroatoms. The number of nitrogens with zero attached hydrogens (tertiary/aromatic N) is 2. The van der Waals surface area contributed by atoms with Crippen LogP contribution in [0.2, 0.25) is 5.15 Å². The van der Waals surface area contributed by atoms with E-state index in [-0.39, 0.29) is 11.6 Å². The third kappa shape index (κ3) is 2.38. The van der Waals surface area contributed by atoms with E-state index in [1.54, 1.807) is 6.07 Å². The highest BCUT2D eigenvalue weighted by Gasteiger charge is 2.04. The second kappa shape index (κ2) is 4.32. The Morgan fingerprint density at radius 1 is 1.25 bits per heavy atom. The number of aromatic nitrogens is 2. The van der Waals surface area contributed by atoms with Gasteiger partial charge < -0.3 is 10.5 Å². The minimum absolute atomic E-state index is 0.167. The Balaban J connectivity index is 2.24. The van der Waals surface area contributed by atoms with Gasteiger partial charge in [-0.25, -0.2) is 14.4 Å². The van der Waals surface area contributed by atoms with E-state index in [0.717, 1.165) is 6.07 Å². The first kappa shape index (κ1) is 10.6. The molecule has 0 aliphatic heterocycles. The van der Waals surface area contributed by atoms with Crippen LogP contribution in [0.3, 0.4) is 0 Å². The van der Waals surface area contributed by atoms with Gasteiger partial charge >= 0.3 is 0 Å². The molecule has 16 heavy (non-hydrogen) atoms. The number of nitrogen functional groups attached to an aromatic ring is 1. The summed E-state index contributed by atoms with van der Waals surface area (Å²) in [5.41, 5.74) is 5.23. The van der Waals surface area contributed by atoms with Gasteiger partial charge in [0.2, 0.25) is 0 Å². The van der Waals surface area contributed by atoms with E-state index in [4.69, 9.17) is 22.1 Å². The lowest BCUT2D eigenvalue weighted by molar-refractivity contribution is 0.473. The summed E-state index contributed by atoms with van der Waals surface area (Å²) in [4.78, 5) is 7.42. The molecule has 0 saturated heterocycles. The lowest BCUT2D eigenvalue weighted by atomic mass is 10.4. The van der Waals surface area contributed by atoms with Gasteiger partial charge in [0, 0.05) is 18.3 Å². The molecule has 0 radical (unpaired) electrons.